The smallest absolute Gasteiger partial charge is 0.273 e. The van der Waals surface area contributed by atoms with Gasteiger partial charge in [-0.25, -0.2) is 4.68 Å². The standard InChI is InChI=1S/C15H27N5O/c1-12(2)7-5-3-4-6-8-17-15(21)14-11-20(19-18-14)13-9-16-10-13/h11-13,16H,3-10H2,1-2H3,(H,17,21). The van der Waals surface area contributed by atoms with Crippen LogP contribution in [-0.4, -0.2) is 40.5 Å². The highest BCUT2D eigenvalue weighted by molar-refractivity contribution is 5.91. The highest BCUT2D eigenvalue weighted by Crippen LogP contribution is 2.10. The van der Waals surface area contributed by atoms with E-state index in [2.05, 4.69) is 34.8 Å². The molecule has 1 fully saturated rings. The first-order valence-electron chi connectivity index (χ1n) is 8.07. The van der Waals surface area contributed by atoms with E-state index in [1.165, 1.54) is 25.7 Å². The van der Waals surface area contributed by atoms with Crippen molar-refractivity contribution >= 4 is 5.91 Å². The van der Waals surface area contributed by atoms with Gasteiger partial charge < -0.3 is 10.6 Å². The van der Waals surface area contributed by atoms with Crippen LogP contribution >= 0.6 is 0 Å². The Kier molecular flexibility index (Phi) is 6.17. The first-order chi connectivity index (χ1) is 10.2. The van der Waals surface area contributed by atoms with Crippen LogP contribution in [0.3, 0.4) is 0 Å². The molecule has 1 saturated heterocycles. The number of hydrogen-bond acceptors (Lipinski definition) is 4. The van der Waals surface area contributed by atoms with Crippen LogP contribution in [0.1, 0.15) is 62.5 Å². The fourth-order valence-corrected chi connectivity index (χ4v) is 2.34. The van der Waals surface area contributed by atoms with Crippen molar-refractivity contribution in [2.75, 3.05) is 19.6 Å². The molecule has 0 unspecified atom stereocenters. The second kappa shape index (κ2) is 8.12. The van der Waals surface area contributed by atoms with Crippen LogP contribution in [0.15, 0.2) is 6.20 Å². The van der Waals surface area contributed by atoms with Gasteiger partial charge in [-0.3, -0.25) is 4.79 Å². The number of hydrogen-bond donors (Lipinski definition) is 2. The molecule has 2 rings (SSSR count). The van der Waals surface area contributed by atoms with Crippen LogP contribution in [0.4, 0.5) is 0 Å². The molecule has 1 aliphatic rings. The Morgan fingerprint density at radius 3 is 2.81 bits per heavy atom. The third kappa shape index (κ3) is 5.12. The molecular weight excluding hydrogens is 266 g/mol. The Bertz CT molecular complexity index is 439. The molecule has 118 valence electrons. The van der Waals surface area contributed by atoms with Crippen molar-refractivity contribution in [3.05, 3.63) is 11.9 Å². The normalized spacial score (nSPS) is 15.2. The van der Waals surface area contributed by atoms with Crippen molar-refractivity contribution in [3.8, 4) is 0 Å². The lowest BCUT2D eigenvalue weighted by Gasteiger charge is -2.26. The molecule has 0 radical (unpaired) electrons. The number of amides is 1. The summed E-state index contributed by atoms with van der Waals surface area (Å²) in [6.07, 6.45) is 7.78. The van der Waals surface area contributed by atoms with Crippen molar-refractivity contribution < 1.29 is 4.79 Å². The van der Waals surface area contributed by atoms with Crippen LogP contribution in [-0.2, 0) is 0 Å². The molecule has 0 aromatic carbocycles. The van der Waals surface area contributed by atoms with Gasteiger partial charge in [0.25, 0.3) is 5.91 Å². The lowest BCUT2D eigenvalue weighted by Crippen LogP contribution is -2.43. The van der Waals surface area contributed by atoms with Crippen LogP contribution in [0.2, 0.25) is 0 Å². The second-order valence-electron chi connectivity index (χ2n) is 6.25. The largest absolute Gasteiger partial charge is 0.351 e. The number of unbranched alkanes of at least 4 members (excludes halogenated alkanes) is 3. The van der Waals surface area contributed by atoms with Crippen molar-refractivity contribution in [1.82, 2.24) is 25.6 Å². The Balaban J connectivity index is 1.57. The van der Waals surface area contributed by atoms with E-state index < -0.39 is 0 Å². The highest BCUT2D eigenvalue weighted by Gasteiger charge is 2.21. The third-order valence-corrected chi connectivity index (χ3v) is 3.87. The quantitative estimate of drug-likeness (QED) is 0.681. The van der Waals surface area contributed by atoms with Gasteiger partial charge in [-0.15, -0.1) is 5.10 Å². The molecule has 1 amide bonds. The second-order valence-corrected chi connectivity index (χ2v) is 6.25. The SMILES string of the molecule is CC(C)CCCCCCNC(=O)c1cn(C2CNC2)nn1. The zero-order chi connectivity index (χ0) is 15.1. The van der Waals surface area contributed by atoms with Crippen molar-refractivity contribution in [2.24, 2.45) is 5.92 Å². The summed E-state index contributed by atoms with van der Waals surface area (Å²) in [7, 11) is 0. The summed E-state index contributed by atoms with van der Waals surface area (Å²) < 4.78 is 1.78. The van der Waals surface area contributed by atoms with E-state index >= 15 is 0 Å². The molecule has 6 nitrogen and oxygen atoms in total. The van der Waals surface area contributed by atoms with Gasteiger partial charge in [-0.2, -0.15) is 0 Å². The Hall–Kier alpha value is -1.43. The predicted molar refractivity (Wildman–Crippen MR) is 82.2 cm³/mol. The maximum Gasteiger partial charge on any atom is 0.273 e. The predicted octanol–water partition coefficient (Wildman–Crippen LogP) is 1.76. The zero-order valence-electron chi connectivity index (χ0n) is 13.1. The fourth-order valence-electron chi connectivity index (χ4n) is 2.34. The summed E-state index contributed by atoms with van der Waals surface area (Å²) in [5.41, 5.74) is 0.418. The van der Waals surface area contributed by atoms with Crippen LogP contribution in [0.25, 0.3) is 0 Å². The molecule has 0 spiro atoms. The van der Waals surface area contributed by atoms with Crippen LogP contribution in [0, 0.1) is 5.92 Å². The fraction of sp³-hybridized carbons (Fsp3) is 0.800. The molecule has 0 saturated carbocycles. The lowest BCUT2D eigenvalue weighted by atomic mass is 10.0. The Morgan fingerprint density at radius 2 is 2.14 bits per heavy atom. The van der Waals surface area contributed by atoms with Gasteiger partial charge in [-0.05, 0) is 12.3 Å². The minimum atomic E-state index is -0.115. The number of aromatic nitrogens is 3. The minimum Gasteiger partial charge on any atom is -0.351 e. The summed E-state index contributed by atoms with van der Waals surface area (Å²) in [6.45, 7) is 7.04. The van der Waals surface area contributed by atoms with Crippen molar-refractivity contribution in [3.63, 3.8) is 0 Å². The van der Waals surface area contributed by atoms with Gasteiger partial charge in [0, 0.05) is 19.6 Å². The molecule has 2 N–H and O–H groups in total. The van der Waals surface area contributed by atoms with Crippen LogP contribution in [0.5, 0.6) is 0 Å². The lowest BCUT2D eigenvalue weighted by molar-refractivity contribution is 0.0948. The van der Waals surface area contributed by atoms with E-state index in [0.29, 0.717) is 11.7 Å². The summed E-state index contributed by atoms with van der Waals surface area (Å²) in [4.78, 5) is 11.9. The maximum atomic E-state index is 11.9. The van der Waals surface area contributed by atoms with E-state index in [1.54, 1.807) is 10.9 Å². The summed E-state index contributed by atoms with van der Waals surface area (Å²) in [6, 6.07) is 0.347. The average Bonchev–Trinajstić information content (AvgIpc) is 2.84. The number of carbonyl (C=O) groups is 1. The molecule has 2 heterocycles. The monoisotopic (exact) mass is 293 g/mol. The van der Waals surface area contributed by atoms with Gasteiger partial charge in [0.2, 0.25) is 0 Å². The maximum absolute atomic E-state index is 11.9. The van der Waals surface area contributed by atoms with E-state index in [4.69, 9.17) is 0 Å². The van der Waals surface area contributed by atoms with Gasteiger partial charge >= 0.3 is 0 Å². The highest BCUT2D eigenvalue weighted by atomic mass is 16.2. The Morgan fingerprint density at radius 1 is 1.38 bits per heavy atom. The first-order valence-corrected chi connectivity index (χ1v) is 8.07. The molecular formula is C15H27N5O. The average molecular weight is 293 g/mol. The molecule has 21 heavy (non-hydrogen) atoms. The van der Waals surface area contributed by atoms with Gasteiger partial charge in [0.15, 0.2) is 5.69 Å². The Labute approximate surface area is 126 Å². The van der Waals surface area contributed by atoms with Gasteiger partial charge in [-0.1, -0.05) is 44.7 Å². The van der Waals surface area contributed by atoms with E-state index in [9.17, 15) is 4.79 Å². The van der Waals surface area contributed by atoms with Crippen molar-refractivity contribution in [1.29, 1.82) is 0 Å². The van der Waals surface area contributed by atoms with Gasteiger partial charge in [0.05, 0.1) is 12.2 Å². The van der Waals surface area contributed by atoms with E-state index in [1.807, 2.05) is 0 Å². The molecule has 0 atom stereocenters. The number of carbonyl (C=O) groups excluding carboxylic acids is 1. The number of rotatable bonds is 9. The molecule has 0 aliphatic carbocycles. The molecule has 1 aromatic rings. The van der Waals surface area contributed by atoms with E-state index in [-0.39, 0.29) is 5.91 Å². The van der Waals surface area contributed by atoms with E-state index in [0.717, 1.165) is 32.0 Å². The molecule has 0 bridgehead atoms. The summed E-state index contributed by atoms with van der Waals surface area (Å²) >= 11 is 0. The van der Waals surface area contributed by atoms with Crippen molar-refractivity contribution in [2.45, 2.75) is 52.0 Å². The molecule has 1 aromatic heterocycles. The number of nitrogens with one attached hydrogen (secondary N) is 2. The zero-order valence-corrected chi connectivity index (χ0v) is 13.1. The first kappa shape index (κ1) is 15.9. The van der Waals surface area contributed by atoms with Crippen LogP contribution < -0.4 is 10.6 Å². The topological polar surface area (TPSA) is 71.8 Å². The summed E-state index contributed by atoms with van der Waals surface area (Å²) in [5, 5.41) is 14.0. The minimum absolute atomic E-state index is 0.115. The number of nitrogens with zero attached hydrogens (tertiary/aromatic N) is 3. The summed E-state index contributed by atoms with van der Waals surface area (Å²) in [5.74, 6) is 0.675. The molecule has 6 heteroatoms. The third-order valence-electron chi connectivity index (χ3n) is 3.87. The molecule has 1 aliphatic heterocycles. The van der Waals surface area contributed by atoms with Gasteiger partial charge in [0.1, 0.15) is 0 Å².